The molecule has 20 heavy (non-hydrogen) atoms. The van der Waals surface area contributed by atoms with Gasteiger partial charge < -0.3 is 19.5 Å². The molecule has 5 nitrogen and oxygen atoms in total. The minimum Gasteiger partial charge on any atom is -0.465 e. The third-order valence-electron chi connectivity index (χ3n) is 4.02. The van der Waals surface area contributed by atoms with Gasteiger partial charge in [-0.15, -0.1) is 0 Å². The fourth-order valence-corrected chi connectivity index (χ4v) is 2.38. The van der Waals surface area contributed by atoms with Gasteiger partial charge in [0.1, 0.15) is 11.5 Å². The highest BCUT2D eigenvalue weighted by atomic mass is 16.3. The lowest BCUT2D eigenvalue weighted by molar-refractivity contribution is -0.0999. The minimum absolute atomic E-state index is 0.146. The number of furan rings is 1. The summed E-state index contributed by atoms with van der Waals surface area (Å²) >= 11 is 0. The fraction of sp³-hybridized carbons (Fsp3) is 0.667. The molecule has 0 spiro atoms. The van der Waals surface area contributed by atoms with Crippen LogP contribution in [0.5, 0.6) is 0 Å². The number of rotatable bonds is 2. The van der Waals surface area contributed by atoms with E-state index in [1.54, 1.807) is 24.8 Å². The van der Waals surface area contributed by atoms with Crippen molar-refractivity contribution < 1.29 is 19.4 Å². The van der Waals surface area contributed by atoms with Crippen molar-refractivity contribution in [1.82, 2.24) is 4.90 Å². The molecule has 112 valence electrons. The molecule has 1 amide bonds. The van der Waals surface area contributed by atoms with Crippen LogP contribution in [0.4, 0.5) is 0 Å². The summed E-state index contributed by atoms with van der Waals surface area (Å²) in [5.74, 6) is 1.47. The van der Waals surface area contributed by atoms with Gasteiger partial charge >= 0.3 is 0 Å². The number of hydrogen-bond acceptors (Lipinski definition) is 4. The Morgan fingerprint density at radius 3 is 2.70 bits per heavy atom. The van der Waals surface area contributed by atoms with E-state index in [-0.39, 0.29) is 18.4 Å². The maximum Gasteiger partial charge on any atom is 0.257 e. The summed E-state index contributed by atoms with van der Waals surface area (Å²) < 4.78 is 5.60. The summed E-state index contributed by atoms with van der Waals surface area (Å²) in [5, 5.41) is 19.8. The second-order valence-electron chi connectivity index (χ2n) is 6.15. The Bertz CT molecular complexity index is 504. The molecular weight excluding hydrogens is 258 g/mol. The highest BCUT2D eigenvalue weighted by molar-refractivity contribution is 5.95. The average molecular weight is 281 g/mol. The van der Waals surface area contributed by atoms with Crippen LogP contribution < -0.4 is 0 Å². The van der Waals surface area contributed by atoms with Gasteiger partial charge in [-0.1, -0.05) is 13.8 Å². The first-order valence-electron chi connectivity index (χ1n) is 7.02. The summed E-state index contributed by atoms with van der Waals surface area (Å²) in [4.78, 5) is 14.1. The van der Waals surface area contributed by atoms with E-state index in [0.717, 1.165) is 5.76 Å². The van der Waals surface area contributed by atoms with Crippen LogP contribution in [-0.2, 0) is 0 Å². The highest BCUT2D eigenvalue weighted by Crippen LogP contribution is 2.26. The van der Waals surface area contributed by atoms with E-state index < -0.39 is 11.7 Å². The van der Waals surface area contributed by atoms with Crippen molar-refractivity contribution in [2.24, 2.45) is 0 Å². The molecule has 5 heteroatoms. The van der Waals surface area contributed by atoms with Crippen molar-refractivity contribution in [3.8, 4) is 0 Å². The molecule has 2 atom stereocenters. The number of hydrogen-bond donors (Lipinski definition) is 2. The van der Waals surface area contributed by atoms with Crippen LogP contribution in [0.15, 0.2) is 10.5 Å². The molecule has 2 unspecified atom stereocenters. The van der Waals surface area contributed by atoms with Gasteiger partial charge in [-0.05, 0) is 26.3 Å². The molecule has 0 bridgehead atoms. The maximum absolute atomic E-state index is 12.5. The van der Waals surface area contributed by atoms with E-state index in [9.17, 15) is 15.0 Å². The van der Waals surface area contributed by atoms with Gasteiger partial charge in [0.15, 0.2) is 0 Å². The summed E-state index contributed by atoms with van der Waals surface area (Å²) in [7, 11) is 0. The van der Waals surface area contributed by atoms with Crippen LogP contribution >= 0.6 is 0 Å². The van der Waals surface area contributed by atoms with Crippen molar-refractivity contribution in [2.75, 3.05) is 13.1 Å². The Morgan fingerprint density at radius 1 is 1.55 bits per heavy atom. The zero-order chi connectivity index (χ0) is 15.1. The quantitative estimate of drug-likeness (QED) is 0.865. The zero-order valence-electron chi connectivity index (χ0n) is 12.5. The van der Waals surface area contributed by atoms with Crippen molar-refractivity contribution in [2.45, 2.75) is 51.7 Å². The fourth-order valence-electron chi connectivity index (χ4n) is 2.38. The van der Waals surface area contributed by atoms with Crippen LogP contribution in [0, 0.1) is 6.92 Å². The van der Waals surface area contributed by atoms with E-state index in [1.165, 1.54) is 0 Å². The summed E-state index contributed by atoms with van der Waals surface area (Å²) in [5.41, 5.74) is -0.576. The molecule has 1 aliphatic heterocycles. The smallest absolute Gasteiger partial charge is 0.257 e. The number of aliphatic hydroxyl groups is 2. The molecule has 0 aliphatic carbocycles. The minimum atomic E-state index is -1.12. The SMILES string of the molecule is Cc1oc(C(C)C)cc1C(=O)N1CCC(C)(O)C(O)C1. The summed E-state index contributed by atoms with van der Waals surface area (Å²) in [6.45, 7) is 7.97. The van der Waals surface area contributed by atoms with Crippen molar-refractivity contribution >= 4 is 5.91 Å². The zero-order valence-corrected chi connectivity index (χ0v) is 12.5. The monoisotopic (exact) mass is 281 g/mol. The predicted octanol–water partition coefficient (Wildman–Crippen LogP) is 1.67. The number of β-amino-alcohol motifs (C(OH)–C–C–N with tert-alkyl or cyclic N) is 1. The van der Waals surface area contributed by atoms with Gasteiger partial charge in [0, 0.05) is 19.0 Å². The third-order valence-corrected chi connectivity index (χ3v) is 4.02. The van der Waals surface area contributed by atoms with Crippen LogP contribution in [0.25, 0.3) is 0 Å². The van der Waals surface area contributed by atoms with Crippen LogP contribution in [0.1, 0.15) is 55.0 Å². The molecule has 0 radical (unpaired) electrons. The lowest BCUT2D eigenvalue weighted by Crippen LogP contribution is -2.55. The van der Waals surface area contributed by atoms with E-state index >= 15 is 0 Å². The number of carbonyl (C=O) groups excluding carboxylic acids is 1. The van der Waals surface area contributed by atoms with E-state index in [0.29, 0.717) is 24.3 Å². The van der Waals surface area contributed by atoms with E-state index in [1.807, 2.05) is 13.8 Å². The van der Waals surface area contributed by atoms with Crippen molar-refractivity contribution in [3.63, 3.8) is 0 Å². The van der Waals surface area contributed by atoms with Crippen molar-refractivity contribution in [1.29, 1.82) is 0 Å². The number of carbonyl (C=O) groups is 1. The highest BCUT2D eigenvalue weighted by Gasteiger charge is 2.38. The normalized spacial score (nSPS) is 27.1. The average Bonchev–Trinajstić information content (AvgIpc) is 2.74. The lowest BCUT2D eigenvalue weighted by Gasteiger charge is -2.39. The van der Waals surface area contributed by atoms with E-state index in [4.69, 9.17) is 4.42 Å². The number of aliphatic hydroxyl groups excluding tert-OH is 1. The first-order valence-corrected chi connectivity index (χ1v) is 7.02. The largest absolute Gasteiger partial charge is 0.465 e. The Kier molecular flexibility index (Phi) is 3.93. The molecule has 2 rings (SSSR count). The number of nitrogens with zero attached hydrogens (tertiary/aromatic N) is 1. The maximum atomic E-state index is 12.5. The van der Waals surface area contributed by atoms with Crippen LogP contribution in [-0.4, -0.2) is 45.8 Å². The van der Waals surface area contributed by atoms with Gasteiger partial charge in [-0.3, -0.25) is 4.79 Å². The van der Waals surface area contributed by atoms with Crippen molar-refractivity contribution in [3.05, 3.63) is 23.2 Å². The first kappa shape index (κ1) is 15.1. The van der Waals surface area contributed by atoms with Gasteiger partial charge in [-0.2, -0.15) is 0 Å². The first-order chi connectivity index (χ1) is 9.22. The standard InChI is InChI=1S/C15H23NO4/c1-9(2)12-7-11(10(3)20-12)14(18)16-6-5-15(4,19)13(17)8-16/h7,9,13,17,19H,5-6,8H2,1-4H3. The van der Waals surface area contributed by atoms with Gasteiger partial charge in [0.05, 0.1) is 17.3 Å². The second kappa shape index (κ2) is 5.22. The summed E-state index contributed by atoms with van der Waals surface area (Å²) in [6, 6.07) is 1.78. The number of amides is 1. The molecule has 1 aliphatic rings. The number of aryl methyl sites for hydroxylation is 1. The molecule has 0 saturated carbocycles. The number of piperidine rings is 1. The molecule has 1 aromatic heterocycles. The molecule has 1 saturated heterocycles. The number of likely N-dealkylation sites (tertiary alicyclic amines) is 1. The third kappa shape index (κ3) is 2.74. The molecule has 2 heterocycles. The second-order valence-corrected chi connectivity index (χ2v) is 6.15. The predicted molar refractivity (Wildman–Crippen MR) is 74.7 cm³/mol. The Balaban J connectivity index is 2.16. The lowest BCUT2D eigenvalue weighted by atomic mass is 9.90. The Morgan fingerprint density at radius 2 is 2.20 bits per heavy atom. The van der Waals surface area contributed by atoms with Gasteiger partial charge in [0.2, 0.25) is 0 Å². The Hall–Kier alpha value is -1.33. The Labute approximate surface area is 119 Å². The topological polar surface area (TPSA) is 73.9 Å². The van der Waals surface area contributed by atoms with Gasteiger partial charge in [-0.25, -0.2) is 0 Å². The molecular formula is C15H23NO4. The van der Waals surface area contributed by atoms with Crippen LogP contribution in [0.2, 0.25) is 0 Å². The van der Waals surface area contributed by atoms with Gasteiger partial charge in [0.25, 0.3) is 5.91 Å². The molecule has 1 fully saturated rings. The molecule has 2 N–H and O–H groups in total. The summed E-state index contributed by atoms with van der Waals surface area (Å²) in [6.07, 6.45) is -0.551. The molecule has 0 aromatic carbocycles. The van der Waals surface area contributed by atoms with Crippen LogP contribution in [0.3, 0.4) is 0 Å². The van der Waals surface area contributed by atoms with E-state index in [2.05, 4.69) is 0 Å². The molecule has 1 aromatic rings.